The predicted molar refractivity (Wildman–Crippen MR) is 77.5 cm³/mol. The van der Waals surface area contributed by atoms with Crippen LogP contribution < -0.4 is 11.2 Å². The van der Waals surface area contributed by atoms with Gasteiger partial charge in [-0.1, -0.05) is 18.5 Å². The van der Waals surface area contributed by atoms with Crippen LogP contribution in [0.25, 0.3) is 0 Å². The van der Waals surface area contributed by atoms with Gasteiger partial charge in [0.1, 0.15) is 26.8 Å². The number of nitrogens with one attached hydrogen (secondary N) is 1. The highest BCUT2D eigenvalue weighted by Gasteiger charge is 2.61. The Labute approximate surface area is 125 Å². The van der Waals surface area contributed by atoms with E-state index in [1.807, 2.05) is 4.98 Å². The number of aromatic nitrogens is 2. The van der Waals surface area contributed by atoms with Crippen molar-refractivity contribution in [2.45, 2.75) is 30.5 Å². The third kappa shape index (κ3) is 2.46. The largest absolute Gasteiger partial charge is 0.402 e. The van der Waals surface area contributed by atoms with Crippen molar-refractivity contribution in [3.05, 3.63) is 32.1 Å². The lowest BCUT2D eigenvalue weighted by Gasteiger charge is -2.35. The highest BCUT2D eigenvalue weighted by molar-refractivity contribution is 6.39. The maximum atomic E-state index is 14.9. The van der Waals surface area contributed by atoms with Gasteiger partial charge in [0, 0.05) is 12.1 Å². The molecule has 0 spiro atoms. The van der Waals surface area contributed by atoms with Crippen LogP contribution in [0.3, 0.4) is 0 Å². The van der Waals surface area contributed by atoms with E-state index < -0.39 is 40.8 Å². The van der Waals surface area contributed by atoms with Crippen LogP contribution in [0.4, 0.5) is 4.39 Å². The molecule has 2 heterocycles. The van der Waals surface area contributed by atoms with E-state index in [9.17, 15) is 24.2 Å². The Balaban J connectivity index is 2.51. The monoisotopic (exact) mass is 318 g/mol. The first-order valence-electron chi connectivity index (χ1n) is 6.27. The van der Waals surface area contributed by atoms with Gasteiger partial charge in [0.2, 0.25) is 5.85 Å². The van der Waals surface area contributed by atoms with Crippen molar-refractivity contribution < 1.29 is 19.3 Å². The number of hydrogen-bond donors (Lipinski definition) is 3. The van der Waals surface area contributed by atoms with Crippen molar-refractivity contribution in [3.8, 4) is 0 Å². The lowest BCUT2D eigenvalue weighted by atomic mass is 9.58. The quantitative estimate of drug-likeness (QED) is 0.515. The zero-order chi connectivity index (χ0) is 16.2. The Morgan fingerprint density at radius 1 is 1.57 bits per heavy atom. The summed E-state index contributed by atoms with van der Waals surface area (Å²) in [4.78, 5) is 24.9. The van der Waals surface area contributed by atoms with E-state index in [1.54, 1.807) is 0 Å². The van der Waals surface area contributed by atoms with Gasteiger partial charge < -0.3 is 14.9 Å². The Kier molecular flexibility index (Phi) is 3.86. The van der Waals surface area contributed by atoms with E-state index in [-0.39, 0.29) is 5.02 Å². The van der Waals surface area contributed by atoms with Gasteiger partial charge in [0.15, 0.2) is 6.23 Å². The summed E-state index contributed by atoms with van der Waals surface area (Å²) in [6.07, 6.45) is -1.88. The Morgan fingerprint density at radius 2 is 2.14 bits per heavy atom. The molecule has 1 aliphatic rings. The summed E-state index contributed by atoms with van der Waals surface area (Å²) in [6, 6.07) is 0. The molecule has 0 amide bonds. The summed E-state index contributed by atoms with van der Waals surface area (Å²) in [7, 11) is 2.39. The zero-order valence-corrected chi connectivity index (χ0v) is 12.4. The predicted octanol–water partition coefficient (Wildman–Crippen LogP) is -2.71. The van der Waals surface area contributed by atoms with Crippen LogP contribution in [-0.4, -0.2) is 52.8 Å². The molecule has 1 fully saturated rings. The maximum Gasteiger partial charge on any atom is 0.330 e. The second-order valence-electron chi connectivity index (χ2n) is 5.64. The fraction of sp³-hybridized carbons (Fsp3) is 0.600. The number of aliphatic hydroxyl groups is 2. The van der Waals surface area contributed by atoms with Gasteiger partial charge in [-0.25, -0.2) is 9.18 Å². The van der Waals surface area contributed by atoms with Crippen molar-refractivity contribution in [2.75, 3.05) is 0 Å². The van der Waals surface area contributed by atoms with Gasteiger partial charge in [-0.3, -0.25) is 14.3 Å². The fourth-order valence-corrected chi connectivity index (χ4v) is 2.54. The van der Waals surface area contributed by atoms with Crippen molar-refractivity contribution in [2.24, 2.45) is 5.92 Å². The van der Waals surface area contributed by atoms with Crippen molar-refractivity contribution in [3.63, 3.8) is 0 Å². The second kappa shape index (κ2) is 4.98. The number of ether oxygens (including phenoxy) is 1. The van der Waals surface area contributed by atoms with Gasteiger partial charge >= 0.3 is 5.69 Å². The second-order valence-corrected chi connectivity index (χ2v) is 6.04. The molecule has 0 bridgehead atoms. The molecule has 4 atom stereocenters. The van der Waals surface area contributed by atoms with E-state index in [2.05, 4.69) is 0 Å². The SMILES string of the molecule is BC(B)(O)[C@@]1(F)O[C@@H](n2cc(Cl)c(=O)[nH]c2=O)[C@H](O)[C@@H]1C. The van der Waals surface area contributed by atoms with Crippen LogP contribution in [0.2, 0.25) is 5.02 Å². The molecule has 21 heavy (non-hydrogen) atoms. The molecule has 1 aliphatic heterocycles. The van der Waals surface area contributed by atoms with Crippen LogP contribution in [-0.2, 0) is 4.74 Å². The number of aromatic amines is 1. The summed E-state index contributed by atoms with van der Waals surface area (Å²) in [5.41, 5.74) is -1.70. The van der Waals surface area contributed by atoms with E-state index in [0.29, 0.717) is 0 Å². The number of nitrogens with zero attached hydrogens (tertiary/aromatic N) is 1. The van der Waals surface area contributed by atoms with Crippen LogP contribution >= 0.6 is 11.6 Å². The smallest absolute Gasteiger partial charge is 0.330 e. The Hall–Kier alpha value is -1.09. The highest BCUT2D eigenvalue weighted by Crippen LogP contribution is 2.46. The molecule has 1 aromatic heterocycles. The molecule has 0 unspecified atom stereocenters. The van der Waals surface area contributed by atoms with E-state index in [1.165, 1.54) is 22.6 Å². The molecule has 7 nitrogen and oxygen atoms in total. The zero-order valence-electron chi connectivity index (χ0n) is 11.6. The normalized spacial score (nSPS) is 33.3. The number of hydrogen-bond acceptors (Lipinski definition) is 5. The standard InChI is InChI=1S/C10H14B2ClFN2O5/c1-3-5(17)7(21-9(3,14)10(11,12)20)16-2-4(13)6(18)15-8(16)19/h2-3,5,7,17,20H,11-12H2,1H3,(H,15,18,19)/t3-,5+,7+,9-/m0/s1. The molecular formula is C10H14B2ClFN2O5. The maximum absolute atomic E-state index is 14.9. The molecule has 0 aliphatic carbocycles. The average Bonchev–Trinajstić information content (AvgIpc) is 2.59. The number of aliphatic hydroxyl groups excluding tert-OH is 1. The lowest BCUT2D eigenvalue weighted by Crippen LogP contribution is -2.56. The fourth-order valence-electron chi connectivity index (χ4n) is 2.39. The first-order chi connectivity index (χ1) is 9.49. The van der Waals surface area contributed by atoms with E-state index >= 15 is 0 Å². The van der Waals surface area contributed by atoms with Gasteiger partial charge in [0.05, 0.1) is 5.40 Å². The first-order valence-corrected chi connectivity index (χ1v) is 6.65. The first kappa shape index (κ1) is 16.3. The van der Waals surface area contributed by atoms with Crippen LogP contribution in [0, 0.1) is 5.92 Å². The summed E-state index contributed by atoms with van der Waals surface area (Å²) in [5, 5.41) is 17.8. The summed E-state index contributed by atoms with van der Waals surface area (Å²) in [6.45, 7) is 1.35. The summed E-state index contributed by atoms with van der Waals surface area (Å²) < 4.78 is 20.8. The third-order valence-electron chi connectivity index (χ3n) is 3.72. The average molecular weight is 318 g/mol. The lowest BCUT2D eigenvalue weighted by molar-refractivity contribution is -0.218. The van der Waals surface area contributed by atoms with Gasteiger partial charge in [-0.05, 0) is 0 Å². The Bertz CT molecular complexity index is 675. The number of H-pyrrole nitrogens is 1. The molecule has 0 radical (unpaired) electrons. The minimum atomic E-state index is -2.57. The van der Waals surface area contributed by atoms with Gasteiger partial charge in [0.25, 0.3) is 5.56 Å². The van der Waals surface area contributed by atoms with Gasteiger partial charge in [-0.2, -0.15) is 0 Å². The van der Waals surface area contributed by atoms with Crippen molar-refractivity contribution in [1.29, 1.82) is 0 Å². The molecule has 0 aromatic carbocycles. The number of halogens is 2. The highest BCUT2D eigenvalue weighted by atomic mass is 35.5. The van der Waals surface area contributed by atoms with Crippen LogP contribution in [0.5, 0.6) is 0 Å². The minimum Gasteiger partial charge on any atom is -0.402 e. The topological polar surface area (TPSA) is 105 Å². The molecule has 3 N–H and O–H groups in total. The van der Waals surface area contributed by atoms with E-state index in [0.717, 1.165) is 10.8 Å². The summed E-state index contributed by atoms with van der Waals surface area (Å²) in [5.74, 6) is -3.68. The van der Waals surface area contributed by atoms with Crippen molar-refractivity contribution in [1.82, 2.24) is 9.55 Å². The third-order valence-corrected chi connectivity index (χ3v) is 3.98. The number of alkyl halides is 1. The van der Waals surface area contributed by atoms with Crippen molar-refractivity contribution >= 4 is 27.3 Å². The summed E-state index contributed by atoms with van der Waals surface area (Å²) >= 11 is 5.63. The molecule has 0 saturated carbocycles. The minimum absolute atomic E-state index is 0.308. The molecule has 11 heteroatoms. The molecular weight excluding hydrogens is 304 g/mol. The van der Waals surface area contributed by atoms with Crippen LogP contribution in [0.15, 0.2) is 15.8 Å². The molecule has 2 rings (SSSR count). The molecule has 1 aromatic rings. The van der Waals surface area contributed by atoms with Crippen LogP contribution in [0.1, 0.15) is 13.2 Å². The van der Waals surface area contributed by atoms with E-state index in [4.69, 9.17) is 16.3 Å². The molecule has 114 valence electrons. The Morgan fingerprint density at radius 3 is 2.62 bits per heavy atom. The number of rotatable bonds is 2. The van der Waals surface area contributed by atoms with Gasteiger partial charge in [-0.15, -0.1) is 0 Å². The molecule has 1 saturated heterocycles.